The number of hydrogen-bond acceptors (Lipinski definition) is 5. The van der Waals surface area contributed by atoms with Gasteiger partial charge in [0.1, 0.15) is 11.5 Å². The third-order valence-corrected chi connectivity index (χ3v) is 6.56. The summed E-state index contributed by atoms with van der Waals surface area (Å²) in [5.41, 5.74) is 2.58. The number of esters is 1. The second kappa shape index (κ2) is 16.5. The summed E-state index contributed by atoms with van der Waals surface area (Å²) in [5, 5.41) is 3.52. The molecule has 0 atom stereocenters. The molecular formula is C32H39ClN2O4. The van der Waals surface area contributed by atoms with E-state index in [1.54, 1.807) is 48.5 Å². The minimum absolute atomic E-state index is 0.0841. The zero-order valence-electron chi connectivity index (χ0n) is 23.0. The molecule has 1 N–H and O–H groups in total. The molecule has 7 heteroatoms. The average molecular weight is 551 g/mol. The molecule has 0 aliphatic carbocycles. The fourth-order valence-electron chi connectivity index (χ4n) is 4.07. The Bertz CT molecular complexity index is 1160. The number of amides is 1. The number of benzene rings is 3. The molecule has 0 spiro atoms. The molecule has 1 amide bonds. The molecule has 0 heterocycles. The van der Waals surface area contributed by atoms with E-state index < -0.39 is 5.97 Å². The number of unbranched alkanes of at least 4 members (excludes halogenated alkanes) is 6. The number of carbonyl (C=O) groups is 2. The number of nitrogens with zero attached hydrogens (tertiary/aromatic N) is 1. The van der Waals surface area contributed by atoms with Crippen molar-refractivity contribution in [3.63, 3.8) is 0 Å². The largest absolute Gasteiger partial charge is 0.494 e. The summed E-state index contributed by atoms with van der Waals surface area (Å²) in [6.45, 7) is 1.40. The second-order valence-corrected chi connectivity index (χ2v) is 10.2. The van der Waals surface area contributed by atoms with Gasteiger partial charge in [0.05, 0.1) is 18.6 Å². The Morgan fingerprint density at radius 3 is 2.10 bits per heavy atom. The Hall–Kier alpha value is -3.51. The number of carbonyl (C=O) groups excluding carboxylic acids is 2. The van der Waals surface area contributed by atoms with Crippen molar-refractivity contribution in [2.24, 2.45) is 0 Å². The smallest absolute Gasteiger partial charge is 0.343 e. The highest BCUT2D eigenvalue weighted by atomic mass is 35.5. The number of nitrogens with one attached hydrogen (secondary N) is 1. The van der Waals surface area contributed by atoms with Crippen LogP contribution in [0.1, 0.15) is 60.9 Å². The summed E-state index contributed by atoms with van der Waals surface area (Å²) < 4.78 is 11.2. The van der Waals surface area contributed by atoms with Gasteiger partial charge in [-0.25, -0.2) is 4.79 Å². The lowest BCUT2D eigenvalue weighted by Crippen LogP contribution is -2.26. The van der Waals surface area contributed by atoms with Crippen molar-refractivity contribution < 1.29 is 19.1 Å². The summed E-state index contributed by atoms with van der Waals surface area (Å²) >= 11 is 5.93. The van der Waals surface area contributed by atoms with Gasteiger partial charge in [0.15, 0.2) is 0 Å². The van der Waals surface area contributed by atoms with Crippen molar-refractivity contribution in [3.05, 3.63) is 88.9 Å². The average Bonchev–Trinajstić information content (AvgIpc) is 2.93. The molecule has 0 bridgehead atoms. The summed E-state index contributed by atoms with van der Waals surface area (Å²) in [4.78, 5) is 26.4. The molecule has 3 rings (SSSR count). The zero-order valence-corrected chi connectivity index (χ0v) is 23.7. The Morgan fingerprint density at radius 1 is 0.795 bits per heavy atom. The van der Waals surface area contributed by atoms with Crippen LogP contribution in [0, 0.1) is 0 Å². The third kappa shape index (κ3) is 11.4. The molecule has 39 heavy (non-hydrogen) atoms. The summed E-state index contributed by atoms with van der Waals surface area (Å²) in [5.74, 6) is 0.852. The highest BCUT2D eigenvalue weighted by molar-refractivity contribution is 6.30. The van der Waals surface area contributed by atoms with E-state index in [1.165, 1.54) is 19.3 Å². The molecule has 0 saturated heterocycles. The van der Waals surface area contributed by atoms with Crippen LogP contribution in [0.3, 0.4) is 0 Å². The van der Waals surface area contributed by atoms with Gasteiger partial charge in [0, 0.05) is 31.4 Å². The minimum atomic E-state index is -0.446. The Kier molecular flexibility index (Phi) is 12.7. The summed E-state index contributed by atoms with van der Waals surface area (Å²) in [6, 6.07) is 21.8. The lowest BCUT2D eigenvalue weighted by molar-refractivity contribution is -0.120. The molecule has 3 aromatic carbocycles. The molecule has 0 radical (unpaired) electrons. The summed E-state index contributed by atoms with van der Waals surface area (Å²) in [6.07, 6.45) is 8.24. The van der Waals surface area contributed by atoms with Gasteiger partial charge in [-0.15, -0.1) is 0 Å². The maximum absolute atomic E-state index is 12.2. The van der Waals surface area contributed by atoms with Gasteiger partial charge in [0.25, 0.3) is 0 Å². The van der Waals surface area contributed by atoms with Crippen LogP contribution in [0.25, 0.3) is 0 Å². The van der Waals surface area contributed by atoms with Gasteiger partial charge in [0.2, 0.25) is 5.91 Å². The molecule has 0 saturated carbocycles. The van der Waals surface area contributed by atoms with Crippen LogP contribution in [-0.2, 0) is 11.2 Å². The molecule has 3 aromatic rings. The van der Waals surface area contributed by atoms with Crippen LogP contribution in [0.5, 0.6) is 11.5 Å². The van der Waals surface area contributed by atoms with Crippen molar-refractivity contribution >= 4 is 29.2 Å². The number of anilines is 1. The zero-order chi connectivity index (χ0) is 27.9. The highest BCUT2D eigenvalue weighted by Crippen LogP contribution is 2.20. The predicted molar refractivity (Wildman–Crippen MR) is 158 cm³/mol. The molecule has 0 aromatic heterocycles. The van der Waals surface area contributed by atoms with Crippen molar-refractivity contribution in [1.29, 1.82) is 0 Å². The van der Waals surface area contributed by atoms with Crippen LogP contribution < -0.4 is 19.7 Å². The summed E-state index contributed by atoms with van der Waals surface area (Å²) in [7, 11) is 4.01. The van der Waals surface area contributed by atoms with Gasteiger partial charge in [-0.2, -0.15) is 0 Å². The normalized spacial score (nSPS) is 10.6. The maximum atomic E-state index is 12.2. The van der Waals surface area contributed by atoms with E-state index in [0.29, 0.717) is 29.4 Å². The second-order valence-electron chi connectivity index (χ2n) is 9.78. The minimum Gasteiger partial charge on any atom is -0.494 e. The first-order valence-corrected chi connectivity index (χ1v) is 14.0. The van der Waals surface area contributed by atoms with Crippen LogP contribution in [-0.4, -0.2) is 39.1 Å². The van der Waals surface area contributed by atoms with Crippen molar-refractivity contribution in [2.45, 2.75) is 51.4 Å². The lowest BCUT2D eigenvalue weighted by atomic mass is 10.1. The van der Waals surface area contributed by atoms with Crippen LogP contribution in [0.4, 0.5) is 5.69 Å². The topological polar surface area (TPSA) is 67.9 Å². The molecular weight excluding hydrogens is 512 g/mol. The monoisotopic (exact) mass is 550 g/mol. The number of hydrogen-bond donors (Lipinski definition) is 1. The van der Waals surface area contributed by atoms with E-state index >= 15 is 0 Å². The Labute approximate surface area is 237 Å². The van der Waals surface area contributed by atoms with E-state index in [4.69, 9.17) is 21.1 Å². The fraction of sp³-hybridized carbons (Fsp3) is 0.375. The quantitative estimate of drug-likeness (QED) is 0.117. The third-order valence-electron chi connectivity index (χ3n) is 6.32. The lowest BCUT2D eigenvalue weighted by Gasteiger charge is -2.12. The molecule has 0 fully saturated rings. The first kappa shape index (κ1) is 30.0. The van der Waals surface area contributed by atoms with Gasteiger partial charge in [-0.3, -0.25) is 4.79 Å². The molecule has 208 valence electrons. The predicted octanol–water partition coefficient (Wildman–Crippen LogP) is 7.09. The number of rotatable bonds is 16. The van der Waals surface area contributed by atoms with Gasteiger partial charge in [-0.05, 0) is 73.0 Å². The van der Waals surface area contributed by atoms with E-state index in [0.717, 1.165) is 49.2 Å². The van der Waals surface area contributed by atoms with E-state index in [-0.39, 0.29) is 5.91 Å². The standard InChI is InChI=1S/C32H39ClN2O4/c1-35(2)28-15-13-25(14-16-28)23-31(36)34-21-8-6-4-3-5-7-9-22-38-29-17-19-30(20-18-29)39-32(37)26-11-10-12-27(33)24-26/h10-20,24H,3-9,21-23H2,1-2H3,(H,34,36). The van der Waals surface area contributed by atoms with Crippen molar-refractivity contribution in [1.82, 2.24) is 5.32 Å². The molecule has 0 aliphatic heterocycles. The molecule has 0 aliphatic rings. The fourth-order valence-corrected chi connectivity index (χ4v) is 4.26. The van der Waals surface area contributed by atoms with Crippen LogP contribution in [0.15, 0.2) is 72.8 Å². The van der Waals surface area contributed by atoms with Crippen LogP contribution >= 0.6 is 11.6 Å². The Balaban J connectivity index is 1.16. The highest BCUT2D eigenvalue weighted by Gasteiger charge is 2.09. The van der Waals surface area contributed by atoms with Crippen LogP contribution in [0.2, 0.25) is 5.02 Å². The van der Waals surface area contributed by atoms with E-state index in [1.807, 2.05) is 43.3 Å². The Morgan fingerprint density at radius 2 is 1.44 bits per heavy atom. The first-order chi connectivity index (χ1) is 18.9. The van der Waals surface area contributed by atoms with E-state index in [9.17, 15) is 9.59 Å². The molecule has 0 unspecified atom stereocenters. The number of ether oxygens (including phenoxy) is 2. The first-order valence-electron chi connectivity index (χ1n) is 13.6. The van der Waals surface area contributed by atoms with Gasteiger partial charge in [-0.1, -0.05) is 61.9 Å². The van der Waals surface area contributed by atoms with Gasteiger partial charge >= 0.3 is 5.97 Å². The number of halogens is 1. The van der Waals surface area contributed by atoms with Gasteiger partial charge < -0.3 is 19.7 Å². The van der Waals surface area contributed by atoms with E-state index in [2.05, 4.69) is 5.32 Å². The maximum Gasteiger partial charge on any atom is 0.343 e. The SMILES string of the molecule is CN(C)c1ccc(CC(=O)NCCCCCCCCCOc2ccc(OC(=O)c3cccc(Cl)c3)cc2)cc1. The van der Waals surface area contributed by atoms with Crippen molar-refractivity contribution in [3.8, 4) is 11.5 Å². The van der Waals surface area contributed by atoms with Crippen molar-refractivity contribution in [2.75, 3.05) is 32.1 Å². The molecule has 6 nitrogen and oxygen atoms in total.